The van der Waals surface area contributed by atoms with Crippen LogP contribution in [-0.2, 0) is 20.8 Å². The number of hydrogen-bond donors (Lipinski definition) is 4. The minimum absolute atomic E-state index is 0.153. The highest BCUT2D eigenvalue weighted by Crippen LogP contribution is 2.41. The van der Waals surface area contributed by atoms with E-state index in [1.54, 1.807) is 24.4 Å². The Morgan fingerprint density at radius 2 is 1.73 bits per heavy atom. The average molecular weight is 560 g/mol. The summed E-state index contributed by atoms with van der Waals surface area (Å²) in [6.07, 6.45) is -5.23. The quantitative estimate of drug-likeness (QED) is 0.247. The van der Waals surface area contributed by atoms with Crippen molar-refractivity contribution in [1.82, 2.24) is 14.5 Å². The topological polar surface area (TPSA) is 164 Å². The lowest BCUT2D eigenvalue weighted by Crippen LogP contribution is -2.60. The lowest BCUT2D eigenvalue weighted by molar-refractivity contribution is -0.278. The number of aromatic nitrogens is 3. The van der Waals surface area contributed by atoms with E-state index in [4.69, 9.17) is 14.5 Å². The van der Waals surface area contributed by atoms with E-state index in [-0.39, 0.29) is 5.56 Å². The van der Waals surface area contributed by atoms with E-state index in [9.17, 15) is 30.0 Å². The van der Waals surface area contributed by atoms with E-state index in [1.165, 1.54) is 6.07 Å². The number of benzene rings is 2. The van der Waals surface area contributed by atoms with Gasteiger partial charge in [-0.3, -0.25) is 0 Å². The van der Waals surface area contributed by atoms with Gasteiger partial charge in [0.25, 0.3) is 0 Å². The summed E-state index contributed by atoms with van der Waals surface area (Å²) >= 11 is 0. The number of aryl methyl sites for hydroxylation is 1. The van der Waals surface area contributed by atoms with Crippen molar-refractivity contribution in [1.29, 1.82) is 0 Å². The molecule has 0 bridgehead atoms. The minimum Gasteiger partial charge on any atom is -0.479 e. The lowest BCUT2D eigenvalue weighted by Gasteiger charge is -2.38. The number of carboxylic acids is 1. The molecule has 0 spiro atoms. The molecule has 4 N–H and O–H groups in total. The maximum atomic E-state index is 13.1. The largest absolute Gasteiger partial charge is 0.479 e. The third-order valence-corrected chi connectivity index (χ3v) is 7.60. The second-order valence-electron chi connectivity index (χ2n) is 10.5. The Balaban J connectivity index is 1.23. The first-order valence-electron chi connectivity index (χ1n) is 13.4. The summed E-state index contributed by atoms with van der Waals surface area (Å²) in [7, 11) is 0. The zero-order chi connectivity index (χ0) is 28.8. The molecular weight excluding hydrogens is 530 g/mol. The summed E-state index contributed by atoms with van der Waals surface area (Å²) in [6.45, 7) is 2.63. The number of carboxylic acid groups (broad SMARTS) is 1. The summed E-state index contributed by atoms with van der Waals surface area (Å²) in [5, 5.41) is 39.4. The Morgan fingerprint density at radius 1 is 1.00 bits per heavy atom. The number of esters is 1. The number of aliphatic hydroxyl groups excluding tert-OH is 3. The molecule has 2 aromatic carbocycles. The highest BCUT2D eigenvalue weighted by Gasteiger charge is 2.48. The maximum Gasteiger partial charge on any atom is 0.341 e. The van der Waals surface area contributed by atoms with Crippen LogP contribution in [0.3, 0.4) is 0 Å². The van der Waals surface area contributed by atoms with Crippen molar-refractivity contribution in [2.75, 3.05) is 0 Å². The van der Waals surface area contributed by atoms with Gasteiger partial charge in [-0.1, -0.05) is 42.5 Å². The van der Waals surface area contributed by atoms with Gasteiger partial charge in [-0.05, 0) is 54.2 Å². The Labute approximate surface area is 234 Å². The SMILES string of the molecule is Cc1ccnc2c1nc(C1CC1)n2Cc1ccc(-c2ccccc2C(=O)O[C@@H]2O[C@H](C(=O)O)[C@@H](O)[C@H](O)[C@H]2O)cc1. The van der Waals surface area contributed by atoms with Gasteiger partial charge in [-0.2, -0.15) is 0 Å². The first-order chi connectivity index (χ1) is 19.7. The zero-order valence-electron chi connectivity index (χ0n) is 22.1. The number of aliphatic carboxylic acids is 1. The van der Waals surface area contributed by atoms with Crippen LogP contribution < -0.4 is 0 Å². The van der Waals surface area contributed by atoms with Crippen LogP contribution >= 0.6 is 0 Å². The third kappa shape index (κ3) is 5.08. The van der Waals surface area contributed by atoms with Gasteiger partial charge in [0, 0.05) is 12.1 Å². The molecule has 0 amide bonds. The van der Waals surface area contributed by atoms with E-state index >= 15 is 0 Å². The van der Waals surface area contributed by atoms with Gasteiger partial charge in [0.2, 0.25) is 6.29 Å². The number of nitrogens with zero attached hydrogens (tertiary/aromatic N) is 3. The van der Waals surface area contributed by atoms with Crippen LogP contribution in [0.15, 0.2) is 60.8 Å². The molecule has 2 fully saturated rings. The fourth-order valence-electron chi connectivity index (χ4n) is 5.17. The van der Waals surface area contributed by atoms with Gasteiger partial charge in [0.1, 0.15) is 29.7 Å². The highest BCUT2D eigenvalue weighted by molar-refractivity contribution is 5.97. The van der Waals surface area contributed by atoms with E-state index < -0.39 is 42.6 Å². The smallest absolute Gasteiger partial charge is 0.341 e. The number of ether oxygens (including phenoxy) is 2. The van der Waals surface area contributed by atoms with Crippen molar-refractivity contribution < 1.29 is 39.5 Å². The molecule has 11 heteroatoms. The molecule has 1 saturated heterocycles. The third-order valence-electron chi connectivity index (χ3n) is 7.60. The number of aliphatic hydroxyl groups is 3. The van der Waals surface area contributed by atoms with E-state index in [0.29, 0.717) is 18.0 Å². The van der Waals surface area contributed by atoms with Crippen LogP contribution in [0.25, 0.3) is 22.3 Å². The number of carbonyl (C=O) groups is 2. The molecule has 11 nitrogen and oxygen atoms in total. The summed E-state index contributed by atoms with van der Waals surface area (Å²) in [6, 6.07) is 16.4. The Bertz CT molecular complexity index is 1610. The van der Waals surface area contributed by atoms with Crippen LogP contribution in [0.5, 0.6) is 0 Å². The van der Waals surface area contributed by atoms with Crippen molar-refractivity contribution in [3.05, 3.63) is 83.3 Å². The van der Waals surface area contributed by atoms with Gasteiger partial charge >= 0.3 is 11.9 Å². The number of hydrogen-bond acceptors (Lipinski definition) is 9. The molecule has 0 radical (unpaired) electrons. The number of imidazole rings is 1. The molecule has 6 rings (SSSR count). The van der Waals surface area contributed by atoms with Crippen molar-refractivity contribution >= 4 is 23.1 Å². The van der Waals surface area contributed by atoms with E-state index in [1.807, 2.05) is 37.3 Å². The summed E-state index contributed by atoms with van der Waals surface area (Å²) < 4.78 is 12.5. The van der Waals surface area contributed by atoms with Gasteiger partial charge in [-0.25, -0.2) is 19.6 Å². The van der Waals surface area contributed by atoms with E-state index in [2.05, 4.69) is 9.55 Å². The predicted octanol–water partition coefficient (Wildman–Crippen LogP) is 2.38. The first-order valence-corrected chi connectivity index (χ1v) is 13.4. The monoisotopic (exact) mass is 559 g/mol. The maximum absolute atomic E-state index is 13.1. The van der Waals surface area contributed by atoms with Crippen LogP contribution in [0.2, 0.25) is 0 Å². The molecule has 1 saturated carbocycles. The Morgan fingerprint density at radius 3 is 2.44 bits per heavy atom. The summed E-state index contributed by atoms with van der Waals surface area (Å²) in [5.74, 6) is -0.956. The molecule has 3 heterocycles. The summed E-state index contributed by atoms with van der Waals surface area (Å²) in [5.41, 5.74) is 5.33. The minimum atomic E-state index is -1.89. The molecule has 4 aromatic rings. The van der Waals surface area contributed by atoms with Crippen LogP contribution in [0, 0.1) is 6.92 Å². The van der Waals surface area contributed by atoms with Gasteiger partial charge < -0.3 is 34.5 Å². The molecule has 2 aliphatic rings. The fourth-order valence-corrected chi connectivity index (χ4v) is 5.17. The van der Waals surface area contributed by atoms with Crippen molar-refractivity contribution in [3.8, 4) is 11.1 Å². The number of pyridine rings is 1. The lowest BCUT2D eigenvalue weighted by atomic mass is 9.98. The van der Waals surface area contributed by atoms with Gasteiger partial charge in [0.15, 0.2) is 11.8 Å². The average Bonchev–Trinajstić information content (AvgIpc) is 3.75. The standard InChI is InChI=1S/C30H29N3O8/c1-15-12-13-31-27-21(15)32-26(18-10-11-18)33(27)14-16-6-8-17(9-7-16)19-4-2-3-5-20(19)29(39)41-30-24(36)22(34)23(35)25(40-30)28(37)38/h2-9,12-13,18,22-25,30,34-36H,10-11,14H2,1H3,(H,37,38)/t22-,23-,24+,25-,30-/m0/s1. The molecule has 5 atom stereocenters. The van der Waals surface area contributed by atoms with Gasteiger partial charge in [0.05, 0.1) is 12.1 Å². The number of rotatable bonds is 7. The molecule has 212 valence electrons. The van der Waals surface area contributed by atoms with Crippen molar-refractivity contribution in [2.24, 2.45) is 0 Å². The zero-order valence-corrected chi connectivity index (χ0v) is 22.1. The Kier molecular flexibility index (Phi) is 7.04. The number of fused-ring (bicyclic) bond motifs is 1. The molecule has 41 heavy (non-hydrogen) atoms. The van der Waals surface area contributed by atoms with E-state index in [0.717, 1.165) is 46.5 Å². The second kappa shape index (κ2) is 10.7. The van der Waals surface area contributed by atoms with Crippen LogP contribution in [-0.4, -0.2) is 77.6 Å². The second-order valence-corrected chi connectivity index (χ2v) is 10.5. The first kappa shape index (κ1) is 27.0. The molecular formula is C30H29N3O8. The number of carbonyl (C=O) groups excluding carboxylic acids is 1. The fraction of sp³-hybridized carbons (Fsp3) is 0.333. The van der Waals surface area contributed by atoms with Crippen LogP contribution in [0.1, 0.15) is 46.1 Å². The molecule has 1 aliphatic carbocycles. The summed E-state index contributed by atoms with van der Waals surface area (Å²) in [4.78, 5) is 34.0. The van der Waals surface area contributed by atoms with Crippen molar-refractivity contribution in [2.45, 2.75) is 62.9 Å². The molecule has 0 unspecified atom stereocenters. The molecule has 2 aromatic heterocycles. The van der Waals surface area contributed by atoms with Crippen molar-refractivity contribution in [3.63, 3.8) is 0 Å². The van der Waals surface area contributed by atoms with Gasteiger partial charge in [-0.15, -0.1) is 0 Å². The Hall–Kier alpha value is -4.16. The normalized spacial score (nSPS) is 24.3. The highest BCUT2D eigenvalue weighted by atomic mass is 16.7. The molecule has 1 aliphatic heterocycles. The van der Waals surface area contributed by atoms with Crippen LogP contribution in [0.4, 0.5) is 0 Å². The predicted molar refractivity (Wildman–Crippen MR) is 145 cm³/mol.